The van der Waals surface area contributed by atoms with Crippen molar-refractivity contribution in [1.29, 1.82) is 0 Å². The molecule has 0 aliphatic carbocycles. The van der Waals surface area contributed by atoms with E-state index in [1.807, 2.05) is 49.4 Å². The van der Waals surface area contributed by atoms with Crippen LogP contribution in [-0.2, 0) is 0 Å². The van der Waals surface area contributed by atoms with Crippen LogP contribution >= 0.6 is 0 Å². The van der Waals surface area contributed by atoms with Crippen molar-refractivity contribution in [2.45, 2.75) is 13.0 Å². The van der Waals surface area contributed by atoms with Crippen molar-refractivity contribution in [2.75, 3.05) is 7.11 Å². The number of amides is 1. The molecule has 1 unspecified atom stereocenters. The van der Waals surface area contributed by atoms with Gasteiger partial charge in [0.2, 0.25) is 0 Å². The Morgan fingerprint density at radius 2 is 1.84 bits per heavy atom. The maximum atomic E-state index is 12.0. The Kier molecular flexibility index (Phi) is 4.18. The molecular weight excluding hydrogens is 238 g/mol. The number of rotatable bonds is 4. The minimum atomic E-state index is -0.0732. The molecular formula is C16H17NO2. The van der Waals surface area contributed by atoms with Gasteiger partial charge in [-0.2, -0.15) is 0 Å². The van der Waals surface area contributed by atoms with Crippen molar-refractivity contribution in [3.63, 3.8) is 0 Å². The first-order valence-corrected chi connectivity index (χ1v) is 6.20. The summed E-state index contributed by atoms with van der Waals surface area (Å²) in [5, 5.41) is 2.97. The molecule has 1 amide bonds. The lowest BCUT2D eigenvalue weighted by atomic mass is 10.1. The molecule has 0 saturated heterocycles. The molecule has 3 nitrogen and oxygen atoms in total. The van der Waals surface area contributed by atoms with E-state index in [0.29, 0.717) is 5.56 Å². The Bertz CT molecular complexity index is 552. The van der Waals surface area contributed by atoms with Gasteiger partial charge in [0, 0.05) is 5.56 Å². The Balaban J connectivity index is 2.08. The molecule has 0 aromatic heterocycles. The standard InChI is InChI=1S/C16H17NO2/c1-12(14-9-6-10-15(11-14)19-2)17-16(18)13-7-4-3-5-8-13/h3-12H,1-2H3,(H,17,18). The van der Waals surface area contributed by atoms with Crippen molar-refractivity contribution in [3.8, 4) is 5.75 Å². The van der Waals surface area contributed by atoms with Gasteiger partial charge in [-0.25, -0.2) is 0 Å². The number of hydrogen-bond acceptors (Lipinski definition) is 2. The smallest absolute Gasteiger partial charge is 0.251 e. The van der Waals surface area contributed by atoms with Crippen LogP contribution in [-0.4, -0.2) is 13.0 Å². The van der Waals surface area contributed by atoms with E-state index in [2.05, 4.69) is 5.32 Å². The molecule has 0 radical (unpaired) electrons. The zero-order valence-electron chi connectivity index (χ0n) is 11.1. The Labute approximate surface area is 113 Å². The van der Waals surface area contributed by atoms with Crippen LogP contribution in [0.4, 0.5) is 0 Å². The highest BCUT2D eigenvalue weighted by Crippen LogP contribution is 2.19. The van der Waals surface area contributed by atoms with E-state index >= 15 is 0 Å². The molecule has 0 aliphatic rings. The molecule has 0 heterocycles. The number of nitrogens with one attached hydrogen (secondary N) is 1. The number of hydrogen-bond donors (Lipinski definition) is 1. The average Bonchev–Trinajstić information content (AvgIpc) is 2.48. The molecule has 0 saturated carbocycles. The van der Waals surface area contributed by atoms with E-state index < -0.39 is 0 Å². The van der Waals surface area contributed by atoms with Gasteiger partial charge in [0.25, 0.3) is 5.91 Å². The van der Waals surface area contributed by atoms with E-state index in [1.54, 1.807) is 19.2 Å². The first-order valence-electron chi connectivity index (χ1n) is 6.20. The summed E-state index contributed by atoms with van der Waals surface area (Å²) in [7, 11) is 1.63. The molecule has 1 atom stereocenters. The third-order valence-corrected chi connectivity index (χ3v) is 2.98. The molecule has 0 bridgehead atoms. The second kappa shape index (κ2) is 6.05. The highest BCUT2D eigenvalue weighted by molar-refractivity contribution is 5.94. The van der Waals surface area contributed by atoms with Crippen LogP contribution in [0.3, 0.4) is 0 Å². The molecule has 1 N–H and O–H groups in total. The summed E-state index contributed by atoms with van der Waals surface area (Å²) in [6.45, 7) is 1.95. The third-order valence-electron chi connectivity index (χ3n) is 2.98. The Hall–Kier alpha value is -2.29. The fourth-order valence-corrected chi connectivity index (χ4v) is 1.86. The second-order valence-electron chi connectivity index (χ2n) is 4.34. The molecule has 98 valence electrons. The minimum absolute atomic E-state index is 0.0668. The molecule has 2 aromatic carbocycles. The van der Waals surface area contributed by atoms with Crippen LogP contribution in [0.5, 0.6) is 5.75 Å². The number of benzene rings is 2. The number of carbonyl (C=O) groups is 1. The van der Waals surface area contributed by atoms with Crippen LogP contribution in [0, 0.1) is 0 Å². The summed E-state index contributed by atoms with van der Waals surface area (Å²) in [6.07, 6.45) is 0. The summed E-state index contributed by atoms with van der Waals surface area (Å²) >= 11 is 0. The van der Waals surface area contributed by atoms with Gasteiger partial charge in [-0.1, -0.05) is 30.3 Å². The van der Waals surface area contributed by atoms with Crippen molar-refractivity contribution < 1.29 is 9.53 Å². The number of methoxy groups -OCH3 is 1. The van der Waals surface area contributed by atoms with Crippen LogP contribution in [0.2, 0.25) is 0 Å². The van der Waals surface area contributed by atoms with E-state index in [0.717, 1.165) is 11.3 Å². The highest BCUT2D eigenvalue weighted by atomic mass is 16.5. The first-order chi connectivity index (χ1) is 9.20. The van der Waals surface area contributed by atoms with Gasteiger partial charge in [0.15, 0.2) is 0 Å². The van der Waals surface area contributed by atoms with Crippen molar-refractivity contribution in [1.82, 2.24) is 5.32 Å². The van der Waals surface area contributed by atoms with Crippen LogP contribution in [0.25, 0.3) is 0 Å². The molecule has 19 heavy (non-hydrogen) atoms. The normalized spacial score (nSPS) is 11.7. The zero-order chi connectivity index (χ0) is 13.7. The first kappa shape index (κ1) is 13.1. The number of ether oxygens (including phenoxy) is 1. The lowest BCUT2D eigenvalue weighted by Gasteiger charge is -2.15. The van der Waals surface area contributed by atoms with Crippen molar-refractivity contribution in [2.24, 2.45) is 0 Å². The summed E-state index contributed by atoms with van der Waals surface area (Å²) in [4.78, 5) is 12.0. The van der Waals surface area contributed by atoms with E-state index in [9.17, 15) is 4.79 Å². The lowest BCUT2D eigenvalue weighted by molar-refractivity contribution is 0.0940. The van der Waals surface area contributed by atoms with E-state index in [1.165, 1.54) is 0 Å². The van der Waals surface area contributed by atoms with Crippen LogP contribution < -0.4 is 10.1 Å². The second-order valence-corrected chi connectivity index (χ2v) is 4.34. The van der Waals surface area contributed by atoms with Gasteiger partial charge in [-0.05, 0) is 36.8 Å². The Morgan fingerprint density at radius 1 is 1.11 bits per heavy atom. The molecule has 0 spiro atoms. The van der Waals surface area contributed by atoms with Gasteiger partial charge >= 0.3 is 0 Å². The fourth-order valence-electron chi connectivity index (χ4n) is 1.86. The predicted octanol–water partition coefficient (Wildman–Crippen LogP) is 3.19. The monoisotopic (exact) mass is 255 g/mol. The third kappa shape index (κ3) is 3.35. The maximum absolute atomic E-state index is 12.0. The van der Waals surface area contributed by atoms with Gasteiger partial charge < -0.3 is 10.1 Å². The molecule has 2 rings (SSSR count). The SMILES string of the molecule is COc1cccc(C(C)NC(=O)c2ccccc2)c1. The largest absolute Gasteiger partial charge is 0.497 e. The number of carbonyl (C=O) groups excluding carboxylic acids is 1. The van der Waals surface area contributed by atoms with Crippen LogP contribution in [0.1, 0.15) is 28.9 Å². The van der Waals surface area contributed by atoms with Gasteiger partial charge in [0.05, 0.1) is 13.2 Å². The van der Waals surface area contributed by atoms with E-state index in [4.69, 9.17) is 4.74 Å². The molecule has 2 aromatic rings. The zero-order valence-corrected chi connectivity index (χ0v) is 11.1. The minimum Gasteiger partial charge on any atom is -0.497 e. The Morgan fingerprint density at radius 3 is 2.53 bits per heavy atom. The van der Waals surface area contributed by atoms with E-state index in [-0.39, 0.29) is 11.9 Å². The quantitative estimate of drug-likeness (QED) is 0.911. The summed E-state index contributed by atoms with van der Waals surface area (Å²) in [6, 6.07) is 16.8. The molecule has 0 fully saturated rings. The fraction of sp³-hybridized carbons (Fsp3) is 0.188. The maximum Gasteiger partial charge on any atom is 0.251 e. The molecule has 0 aliphatic heterocycles. The average molecular weight is 255 g/mol. The highest BCUT2D eigenvalue weighted by Gasteiger charge is 2.11. The lowest BCUT2D eigenvalue weighted by Crippen LogP contribution is -2.26. The molecule has 3 heteroatoms. The van der Waals surface area contributed by atoms with Gasteiger partial charge in [-0.3, -0.25) is 4.79 Å². The van der Waals surface area contributed by atoms with Gasteiger partial charge in [0.1, 0.15) is 5.75 Å². The van der Waals surface area contributed by atoms with Crippen molar-refractivity contribution in [3.05, 3.63) is 65.7 Å². The summed E-state index contributed by atoms with van der Waals surface area (Å²) in [5.41, 5.74) is 1.68. The summed E-state index contributed by atoms with van der Waals surface area (Å²) < 4.78 is 5.18. The van der Waals surface area contributed by atoms with Crippen molar-refractivity contribution >= 4 is 5.91 Å². The summed E-state index contributed by atoms with van der Waals surface area (Å²) in [5.74, 6) is 0.717. The predicted molar refractivity (Wildman–Crippen MR) is 75.3 cm³/mol. The van der Waals surface area contributed by atoms with Crippen LogP contribution in [0.15, 0.2) is 54.6 Å². The topological polar surface area (TPSA) is 38.3 Å². The van der Waals surface area contributed by atoms with Gasteiger partial charge in [-0.15, -0.1) is 0 Å².